The predicted molar refractivity (Wildman–Crippen MR) is 149 cm³/mol. The van der Waals surface area contributed by atoms with Crippen LogP contribution < -0.4 is 10.6 Å². The van der Waals surface area contributed by atoms with E-state index in [1.165, 1.54) is 6.42 Å². The summed E-state index contributed by atoms with van der Waals surface area (Å²) in [6.07, 6.45) is 11.4. The molecule has 1 saturated carbocycles. The minimum absolute atomic E-state index is 0.101. The number of imidazole rings is 1. The number of rotatable bonds is 10. The van der Waals surface area contributed by atoms with Crippen molar-refractivity contribution in [2.24, 2.45) is 18.4 Å². The Morgan fingerprint density at radius 1 is 1.10 bits per heavy atom. The fourth-order valence-electron chi connectivity index (χ4n) is 6.24. The summed E-state index contributed by atoms with van der Waals surface area (Å²) in [6, 6.07) is 8.66. The molecule has 1 aromatic carbocycles. The lowest BCUT2D eigenvalue weighted by Crippen LogP contribution is -2.56. The fraction of sp³-hybridized carbons (Fsp3) is 0.600. The maximum absolute atomic E-state index is 13.8. The number of benzene rings is 1. The number of nitrogens with one attached hydrogen (secondary N) is 2. The van der Waals surface area contributed by atoms with Gasteiger partial charge in [-0.3, -0.25) is 9.59 Å². The third-order valence-electron chi connectivity index (χ3n) is 8.51. The number of carbonyl (C=O) groups excluding carboxylic acids is 3. The second kappa shape index (κ2) is 13.6. The lowest BCUT2D eigenvalue weighted by atomic mass is 9.63. The summed E-state index contributed by atoms with van der Waals surface area (Å²) in [4.78, 5) is 45.8. The molecule has 2 N–H and O–H groups in total. The minimum Gasteiger partial charge on any atom is -0.466 e. The van der Waals surface area contributed by atoms with E-state index in [1.807, 2.05) is 53.8 Å². The van der Waals surface area contributed by atoms with Crippen molar-refractivity contribution in [1.82, 2.24) is 25.1 Å². The Morgan fingerprint density at radius 2 is 1.82 bits per heavy atom. The number of hydrogen-bond acceptors (Lipinski definition) is 5. The number of piperidine rings is 1. The Balaban J connectivity index is 1.41. The van der Waals surface area contributed by atoms with Crippen molar-refractivity contribution in [3.05, 3.63) is 54.1 Å². The third kappa shape index (κ3) is 7.19. The molecule has 2 heterocycles. The molecular formula is C30H43N5O4. The van der Waals surface area contributed by atoms with E-state index in [-0.39, 0.29) is 17.9 Å². The van der Waals surface area contributed by atoms with Crippen LogP contribution in [0.25, 0.3) is 0 Å². The van der Waals surface area contributed by atoms with Crippen LogP contribution in [0.5, 0.6) is 0 Å². The Morgan fingerprint density at radius 3 is 2.46 bits per heavy atom. The van der Waals surface area contributed by atoms with E-state index in [9.17, 15) is 14.4 Å². The van der Waals surface area contributed by atoms with Crippen molar-refractivity contribution in [1.29, 1.82) is 0 Å². The molecule has 9 nitrogen and oxygen atoms in total. The van der Waals surface area contributed by atoms with Gasteiger partial charge in [-0.15, -0.1) is 0 Å². The van der Waals surface area contributed by atoms with E-state index in [2.05, 4.69) is 15.6 Å². The monoisotopic (exact) mass is 537 g/mol. The average molecular weight is 538 g/mol. The molecule has 0 unspecified atom stereocenters. The Bertz CT molecular complexity index is 1090. The number of urea groups is 1. The second-order valence-corrected chi connectivity index (χ2v) is 10.9. The van der Waals surface area contributed by atoms with E-state index < -0.39 is 11.5 Å². The van der Waals surface area contributed by atoms with E-state index in [4.69, 9.17) is 4.74 Å². The van der Waals surface area contributed by atoms with Gasteiger partial charge in [0.2, 0.25) is 5.91 Å². The van der Waals surface area contributed by atoms with Gasteiger partial charge in [0, 0.05) is 51.4 Å². The molecule has 3 amide bonds. The molecule has 1 saturated heterocycles. The van der Waals surface area contributed by atoms with Gasteiger partial charge in [-0.2, -0.15) is 0 Å². The third-order valence-corrected chi connectivity index (χ3v) is 8.51. The molecule has 4 rings (SSSR count). The van der Waals surface area contributed by atoms with Crippen LogP contribution in [0, 0.1) is 11.3 Å². The summed E-state index contributed by atoms with van der Waals surface area (Å²) in [5.41, 5.74) is 1.48. The number of aromatic nitrogens is 2. The molecule has 1 aliphatic heterocycles. The van der Waals surface area contributed by atoms with Gasteiger partial charge < -0.3 is 24.8 Å². The van der Waals surface area contributed by atoms with E-state index in [1.54, 1.807) is 12.5 Å². The number of hydrogen-bond donors (Lipinski definition) is 2. The normalized spacial score (nSPS) is 18.3. The maximum Gasteiger partial charge on any atom is 0.315 e. The SMILES string of the molecule is CCOC(=O)C1(C2CCCCC2)CCN(C(=O)[C@@H](Cc2ccccc2)NC(=O)NCCc2cncn2C)CC1. The Hall–Kier alpha value is -3.36. The molecule has 0 bridgehead atoms. The highest BCUT2D eigenvalue weighted by atomic mass is 16.5. The first-order chi connectivity index (χ1) is 18.9. The summed E-state index contributed by atoms with van der Waals surface area (Å²) in [5, 5.41) is 5.81. The highest BCUT2D eigenvalue weighted by molar-refractivity contribution is 5.88. The molecule has 39 heavy (non-hydrogen) atoms. The Labute approximate surface area is 231 Å². The number of amides is 3. The molecule has 0 radical (unpaired) electrons. The largest absolute Gasteiger partial charge is 0.466 e. The number of esters is 1. The highest BCUT2D eigenvalue weighted by Crippen LogP contribution is 2.46. The molecule has 1 aromatic heterocycles. The zero-order valence-electron chi connectivity index (χ0n) is 23.4. The lowest BCUT2D eigenvalue weighted by molar-refractivity contribution is -0.166. The number of carbonyl (C=O) groups is 3. The number of aryl methyl sites for hydroxylation is 1. The average Bonchev–Trinajstić information content (AvgIpc) is 3.37. The minimum atomic E-state index is -0.700. The van der Waals surface area contributed by atoms with Crippen LogP contribution in [0.1, 0.15) is 63.1 Å². The maximum atomic E-state index is 13.8. The first kappa shape index (κ1) is 28.6. The standard InChI is InChI=1S/C30H43N5O4/c1-3-39-28(37)30(24-12-8-5-9-13-24)15-18-35(19-16-30)27(36)26(20-23-10-6-4-7-11-23)33-29(38)32-17-14-25-21-31-22-34(25)2/h4,6-7,10-11,21-22,24,26H,3,5,8-9,12-20H2,1-2H3,(H2,32,33,38)/t26-/m1/s1. The topological polar surface area (TPSA) is 106 Å². The van der Waals surface area contributed by atoms with E-state index in [0.717, 1.165) is 36.9 Å². The van der Waals surface area contributed by atoms with Crippen LogP contribution in [0.15, 0.2) is 42.9 Å². The second-order valence-electron chi connectivity index (χ2n) is 10.9. The number of nitrogens with zero attached hydrogens (tertiary/aromatic N) is 3. The van der Waals surface area contributed by atoms with Crippen LogP contribution in [0.3, 0.4) is 0 Å². The van der Waals surface area contributed by atoms with Crippen molar-refractivity contribution in [3.8, 4) is 0 Å². The summed E-state index contributed by atoms with van der Waals surface area (Å²) >= 11 is 0. The molecule has 0 spiro atoms. The van der Waals surface area contributed by atoms with Gasteiger partial charge in [0.15, 0.2) is 0 Å². The van der Waals surface area contributed by atoms with Crippen LogP contribution >= 0.6 is 0 Å². The molecule has 2 aromatic rings. The number of likely N-dealkylation sites (tertiary alicyclic amines) is 1. The van der Waals surface area contributed by atoms with Crippen molar-refractivity contribution in [2.45, 2.75) is 70.8 Å². The summed E-state index contributed by atoms with van der Waals surface area (Å²) in [7, 11) is 1.92. The summed E-state index contributed by atoms with van der Waals surface area (Å²) in [6.45, 7) is 3.64. The van der Waals surface area contributed by atoms with Crippen molar-refractivity contribution in [2.75, 3.05) is 26.2 Å². The quantitative estimate of drug-likeness (QED) is 0.451. The fourth-order valence-corrected chi connectivity index (χ4v) is 6.24. The van der Waals surface area contributed by atoms with Crippen LogP contribution in [0.2, 0.25) is 0 Å². The van der Waals surface area contributed by atoms with Gasteiger partial charge in [-0.05, 0) is 44.1 Å². The van der Waals surface area contributed by atoms with Gasteiger partial charge >= 0.3 is 12.0 Å². The van der Waals surface area contributed by atoms with E-state index >= 15 is 0 Å². The molecular weight excluding hydrogens is 494 g/mol. The smallest absolute Gasteiger partial charge is 0.315 e. The van der Waals surface area contributed by atoms with Crippen LogP contribution in [-0.2, 0) is 34.2 Å². The molecule has 9 heteroatoms. The van der Waals surface area contributed by atoms with Gasteiger partial charge in [0.05, 0.1) is 18.3 Å². The highest BCUT2D eigenvalue weighted by Gasteiger charge is 2.49. The zero-order chi connectivity index (χ0) is 27.7. The van der Waals surface area contributed by atoms with Crippen LogP contribution in [-0.4, -0.2) is 64.6 Å². The Kier molecular flexibility index (Phi) is 10.0. The molecule has 2 fully saturated rings. The van der Waals surface area contributed by atoms with Gasteiger partial charge in [-0.1, -0.05) is 49.6 Å². The summed E-state index contributed by atoms with van der Waals surface area (Å²) in [5.74, 6) is 0.100. The van der Waals surface area contributed by atoms with Crippen molar-refractivity contribution in [3.63, 3.8) is 0 Å². The van der Waals surface area contributed by atoms with Crippen LogP contribution in [0.4, 0.5) is 4.79 Å². The van der Waals surface area contributed by atoms with Gasteiger partial charge in [-0.25, -0.2) is 9.78 Å². The molecule has 1 aliphatic carbocycles. The van der Waals surface area contributed by atoms with Crippen molar-refractivity contribution >= 4 is 17.9 Å². The summed E-state index contributed by atoms with van der Waals surface area (Å²) < 4.78 is 7.49. The van der Waals surface area contributed by atoms with Gasteiger partial charge in [0.25, 0.3) is 0 Å². The lowest BCUT2D eigenvalue weighted by Gasteiger charge is -2.46. The van der Waals surface area contributed by atoms with E-state index in [0.29, 0.717) is 57.8 Å². The first-order valence-corrected chi connectivity index (χ1v) is 14.4. The molecule has 212 valence electrons. The molecule has 1 atom stereocenters. The number of ether oxygens (including phenoxy) is 1. The molecule has 2 aliphatic rings. The zero-order valence-corrected chi connectivity index (χ0v) is 23.4. The predicted octanol–water partition coefficient (Wildman–Crippen LogP) is 3.63. The van der Waals surface area contributed by atoms with Crippen molar-refractivity contribution < 1.29 is 19.1 Å². The first-order valence-electron chi connectivity index (χ1n) is 14.4. The van der Waals surface area contributed by atoms with Gasteiger partial charge in [0.1, 0.15) is 6.04 Å².